The molecule has 0 spiro atoms. The molecule has 0 atom stereocenters. The number of benzene rings is 4. The molecule has 48 heavy (non-hydrogen) atoms. The number of rotatable bonds is 10. The van der Waals surface area contributed by atoms with Gasteiger partial charge in [0.2, 0.25) is 0 Å². The first-order valence-corrected chi connectivity index (χ1v) is 16.7. The number of ether oxygens (including phenoxy) is 2. The van der Waals surface area contributed by atoms with Gasteiger partial charge < -0.3 is 15.2 Å². The van der Waals surface area contributed by atoms with Crippen molar-refractivity contribution in [1.29, 1.82) is 0 Å². The van der Waals surface area contributed by atoms with Crippen molar-refractivity contribution in [2.75, 3.05) is 13.2 Å². The summed E-state index contributed by atoms with van der Waals surface area (Å²) in [5.41, 5.74) is 14.5. The molecule has 7 rings (SSSR count). The van der Waals surface area contributed by atoms with Crippen LogP contribution in [-0.2, 0) is 19.1 Å². The van der Waals surface area contributed by atoms with Crippen molar-refractivity contribution < 1.29 is 19.1 Å². The number of hydrogen-bond acceptors (Lipinski definition) is 5. The predicted molar refractivity (Wildman–Crippen MR) is 192 cm³/mol. The van der Waals surface area contributed by atoms with Gasteiger partial charge >= 0.3 is 11.9 Å². The second kappa shape index (κ2) is 14.0. The van der Waals surface area contributed by atoms with Gasteiger partial charge in [0.05, 0.1) is 5.41 Å². The third-order valence-electron chi connectivity index (χ3n) is 9.91. The highest BCUT2D eigenvalue weighted by Crippen LogP contribution is 2.46. The second-order valence-corrected chi connectivity index (χ2v) is 13.2. The number of esters is 2. The van der Waals surface area contributed by atoms with E-state index in [1.165, 1.54) is 44.5 Å². The van der Waals surface area contributed by atoms with Crippen LogP contribution >= 0.6 is 0 Å². The molecule has 0 radical (unpaired) electrons. The smallest absolute Gasteiger partial charge is 0.326 e. The van der Waals surface area contributed by atoms with E-state index in [0.717, 1.165) is 0 Å². The number of carbonyl (C=O) groups excluding carboxylic acids is 2. The number of hydrogen-bond donors (Lipinski definition) is 1. The SMILES string of the molecule is C=CCC(C)(CC=C)C(=O)OCC1c2ccccc2-c2ccccc21.NC1(C(=O)OCC2c3ccccc3-c3ccccc32)CC=CC1. The summed E-state index contributed by atoms with van der Waals surface area (Å²) >= 11 is 0. The topological polar surface area (TPSA) is 78.6 Å². The highest BCUT2D eigenvalue weighted by atomic mass is 16.5. The Hall–Kier alpha value is -5.00. The first-order valence-electron chi connectivity index (χ1n) is 16.7. The molecule has 3 aliphatic carbocycles. The molecule has 0 heterocycles. The Kier molecular flexibility index (Phi) is 9.61. The zero-order valence-corrected chi connectivity index (χ0v) is 27.6. The molecule has 0 fully saturated rings. The van der Waals surface area contributed by atoms with Gasteiger partial charge in [-0.2, -0.15) is 0 Å². The normalized spacial score (nSPS) is 15.3. The number of allylic oxidation sites excluding steroid dienone is 2. The lowest BCUT2D eigenvalue weighted by atomic mass is 9.83. The summed E-state index contributed by atoms with van der Waals surface area (Å²) in [7, 11) is 0. The average molecular weight is 638 g/mol. The first-order chi connectivity index (χ1) is 23.3. The molecular weight excluding hydrogens is 594 g/mol. The van der Waals surface area contributed by atoms with Crippen LogP contribution in [0.1, 0.15) is 66.7 Å². The number of nitrogens with two attached hydrogens (primary N) is 1. The lowest BCUT2D eigenvalue weighted by Crippen LogP contribution is -2.47. The van der Waals surface area contributed by atoms with Gasteiger partial charge in [0.15, 0.2) is 0 Å². The fourth-order valence-electron chi connectivity index (χ4n) is 7.24. The fraction of sp³-hybridized carbons (Fsp3) is 0.256. The lowest BCUT2D eigenvalue weighted by molar-refractivity contribution is -0.155. The first kappa shape index (κ1) is 32.9. The number of carbonyl (C=O) groups is 2. The van der Waals surface area contributed by atoms with Gasteiger partial charge in [-0.3, -0.25) is 9.59 Å². The third kappa shape index (κ3) is 6.31. The molecule has 3 aliphatic rings. The molecule has 0 aliphatic heterocycles. The maximum Gasteiger partial charge on any atom is 0.326 e. The fourth-order valence-corrected chi connectivity index (χ4v) is 7.24. The van der Waals surface area contributed by atoms with Crippen LogP contribution in [0, 0.1) is 5.41 Å². The Morgan fingerprint density at radius 3 is 1.42 bits per heavy atom. The van der Waals surface area contributed by atoms with Crippen LogP contribution in [0.3, 0.4) is 0 Å². The molecule has 4 aromatic rings. The van der Waals surface area contributed by atoms with E-state index in [4.69, 9.17) is 15.2 Å². The molecule has 2 N–H and O–H groups in total. The van der Waals surface area contributed by atoms with Gasteiger partial charge in [-0.1, -0.05) is 121 Å². The lowest BCUT2D eigenvalue weighted by Gasteiger charge is -2.26. The Balaban J connectivity index is 0.000000168. The van der Waals surface area contributed by atoms with Crippen LogP contribution in [0.5, 0.6) is 0 Å². The van der Waals surface area contributed by atoms with E-state index in [1.54, 1.807) is 12.2 Å². The molecule has 0 saturated heterocycles. The summed E-state index contributed by atoms with van der Waals surface area (Å²) in [5, 5.41) is 0. The van der Waals surface area contributed by atoms with Crippen LogP contribution in [0.4, 0.5) is 0 Å². The molecule has 0 amide bonds. The monoisotopic (exact) mass is 637 g/mol. The van der Waals surface area contributed by atoms with Gasteiger partial charge in [-0.25, -0.2) is 0 Å². The van der Waals surface area contributed by atoms with Crippen LogP contribution in [0.15, 0.2) is 135 Å². The van der Waals surface area contributed by atoms with Crippen molar-refractivity contribution in [2.45, 2.75) is 50.0 Å². The molecule has 0 saturated carbocycles. The van der Waals surface area contributed by atoms with Gasteiger partial charge in [0.1, 0.15) is 18.8 Å². The van der Waals surface area contributed by atoms with Crippen LogP contribution in [0.2, 0.25) is 0 Å². The van der Waals surface area contributed by atoms with Gasteiger partial charge in [0, 0.05) is 11.8 Å². The Morgan fingerprint density at radius 1 is 0.688 bits per heavy atom. The van der Waals surface area contributed by atoms with Crippen molar-refractivity contribution in [1.82, 2.24) is 0 Å². The van der Waals surface area contributed by atoms with Crippen LogP contribution < -0.4 is 5.73 Å². The Morgan fingerprint density at radius 2 is 1.04 bits per heavy atom. The minimum atomic E-state index is -0.877. The molecule has 0 bridgehead atoms. The summed E-state index contributed by atoms with van der Waals surface area (Å²) in [5.74, 6) is -0.309. The molecule has 4 aromatic carbocycles. The highest BCUT2D eigenvalue weighted by molar-refractivity contribution is 5.83. The standard InChI is InChI=1S/C23H24O2.C20H19NO2/c1-4-14-23(3,15-5-2)22(24)25-16-21-19-12-8-6-10-17(19)18-11-7-9-13-20(18)21;21-20(11-5-6-12-20)19(22)23-13-18-16-9-3-1-7-14(16)15-8-2-4-10-17(15)18/h4-13,21H,1-2,14-16H2,3H3;1-10,18H,11-13,21H2. The van der Waals surface area contributed by atoms with Crippen molar-refractivity contribution in [2.24, 2.45) is 11.1 Å². The zero-order valence-electron chi connectivity index (χ0n) is 27.6. The Bertz CT molecular complexity index is 1760. The molecular formula is C43H43NO4. The Labute approximate surface area is 283 Å². The highest BCUT2D eigenvalue weighted by Gasteiger charge is 2.38. The van der Waals surface area contributed by atoms with E-state index >= 15 is 0 Å². The van der Waals surface area contributed by atoms with E-state index in [2.05, 4.69) is 73.8 Å². The van der Waals surface area contributed by atoms with Crippen molar-refractivity contribution in [3.8, 4) is 22.3 Å². The maximum atomic E-state index is 12.7. The van der Waals surface area contributed by atoms with Crippen LogP contribution in [-0.4, -0.2) is 30.7 Å². The molecule has 5 heteroatoms. The summed E-state index contributed by atoms with van der Waals surface area (Å²) < 4.78 is 11.4. The van der Waals surface area contributed by atoms with Crippen LogP contribution in [0.25, 0.3) is 22.3 Å². The predicted octanol–water partition coefficient (Wildman–Crippen LogP) is 8.89. The van der Waals surface area contributed by atoms with Gasteiger partial charge in [-0.05, 0) is 77.1 Å². The quantitative estimate of drug-likeness (QED) is 0.139. The van der Waals surface area contributed by atoms with E-state index < -0.39 is 11.0 Å². The third-order valence-corrected chi connectivity index (χ3v) is 9.91. The zero-order chi connectivity index (χ0) is 33.7. The van der Waals surface area contributed by atoms with Gasteiger partial charge in [0.25, 0.3) is 0 Å². The van der Waals surface area contributed by atoms with Crippen molar-refractivity contribution in [3.05, 3.63) is 157 Å². The second-order valence-electron chi connectivity index (χ2n) is 13.2. The summed E-state index contributed by atoms with van der Waals surface area (Å²) in [6.07, 6.45) is 9.71. The molecule has 0 unspecified atom stereocenters. The van der Waals surface area contributed by atoms with E-state index in [9.17, 15) is 9.59 Å². The largest absolute Gasteiger partial charge is 0.464 e. The minimum absolute atomic E-state index is 0.0873. The summed E-state index contributed by atoms with van der Waals surface area (Å²) in [4.78, 5) is 25.1. The van der Waals surface area contributed by atoms with E-state index in [-0.39, 0.29) is 23.8 Å². The minimum Gasteiger partial charge on any atom is -0.464 e. The molecule has 5 nitrogen and oxygen atoms in total. The summed E-state index contributed by atoms with van der Waals surface area (Å²) in [6.45, 7) is 10.1. The number of fused-ring (bicyclic) bond motifs is 6. The van der Waals surface area contributed by atoms with Gasteiger partial charge in [-0.15, -0.1) is 13.2 Å². The van der Waals surface area contributed by atoms with E-state index in [0.29, 0.717) is 38.9 Å². The van der Waals surface area contributed by atoms with E-state index in [1.807, 2.05) is 55.5 Å². The summed E-state index contributed by atoms with van der Waals surface area (Å²) in [6, 6.07) is 33.3. The average Bonchev–Trinajstić information content (AvgIpc) is 3.79. The maximum absolute atomic E-state index is 12.7. The molecule has 244 valence electrons. The van der Waals surface area contributed by atoms with Crippen molar-refractivity contribution in [3.63, 3.8) is 0 Å². The molecule has 0 aromatic heterocycles. The van der Waals surface area contributed by atoms with Crippen molar-refractivity contribution >= 4 is 11.9 Å².